The molecule has 0 aromatic carbocycles. The van der Waals surface area contributed by atoms with Crippen molar-refractivity contribution in [1.29, 1.82) is 0 Å². The predicted molar refractivity (Wildman–Crippen MR) is 135 cm³/mol. The zero-order valence-electron chi connectivity index (χ0n) is 21.8. The van der Waals surface area contributed by atoms with Gasteiger partial charge in [-0.25, -0.2) is 9.78 Å². The van der Waals surface area contributed by atoms with Crippen LogP contribution in [0.2, 0.25) is 0 Å². The number of aromatic nitrogens is 2. The first kappa shape index (κ1) is 26.4. The number of amides is 1. The predicted octanol–water partition coefficient (Wildman–Crippen LogP) is 3.21. The number of hydrogen-bond donors (Lipinski definition) is 2. The minimum absolute atomic E-state index is 0.117. The van der Waals surface area contributed by atoms with E-state index in [4.69, 9.17) is 19.2 Å². The van der Waals surface area contributed by atoms with E-state index in [1.54, 1.807) is 7.11 Å². The van der Waals surface area contributed by atoms with Gasteiger partial charge in [0.15, 0.2) is 0 Å². The zero-order valence-corrected chi connectivity index (χ0v) is 21.8. The Morgan fingerprint density at radius 3 is 2.71 bits per heavy atom. The van der Waals surface area contributed by atoms with Crippen LogP contribution in [0, 0.1) is 0 Å². The molecule has 2 aliphatic carbocycles. The van der Waals surface area contributed by atoms with Crippen molar-refractivity contribution in [2.45, 2.75) is 95.0 Å². The van der Waals surface area contributed by atoms with Crippen molar-refractivity contribution in [3.8, 4) is 0 Å². The number of rotatable bonds is 12. The summed E-state index contributed by atoms with van der Waals surface area (Å²) in [5.41, 5.74) is 1.16. The van der Waals surface area contributed by atoms with Gasteiger partial charge in [0.05, 0.1) is 37.7 Å². The lowest BCUT2D eigenvalue weighted by Crippen LogP contribution is -2.51. The van der Waals surface area contributed by atoms with Crippen molar-refractivity contribution in [1.82, 2.24) is 25.1 Å². The van der Waals surface area contributed by atoms with E-state index >= 15 is 0 Å². The van der Waals surface area contributed by atoms with Gasteiger partial charge in [0.25, 0.3) is 0 Å². The van der Waals surface area contributed by atoms with E-state index in [1.165, 1.54) is 57.9 Å². The molecular weight excluding hydrogens is 446 g/mol. The van der Waals surface area contributed by atoms with Crippen molar-refractivity contribution in [3.05, 3.63) is 17.7 Å². The van der Waals surface area contributed by atoms with Crippen molar-refractivity contribution in [3.63, 3.8) is 0 Å². The van der Waals surface area contributed by atoms with Gasteiger partial charge in [-0.1, -0.05) is 19.3 Å². The molecule has 3 atom stereocenters. The molecule has 9 nitrogen and oxygen atoms in total. The monoisotopic (exact) mass is 491 g/mol. The molecule has 1 aromatic rings. The van der Waals surface area contributed by atoms with E-state index < -0.39 is 0 Å². The van der Waals surface area contributed by atoms with Crippen LogP contribution in [0.5, 0.6) is 0 Å². The van der Waals surface area contributed by atoms with Crippen molar-refractivity contribution >= 4 is 6.09 Å². The third-order valence-corrected chi connectivity index (χ3v) is 7.66. The number of carbonyl (C=O) groups is 1. The van der Waals surface area contributed by atoms with Gasteiger partial charge < -0.3 is 29.4 Å². The molecule has 0 radical (unpaired) electrons. The molecule has 0 bridgehead atoms. The molecule has 0 spiro atoms. The molecule has 0 unspecified atom stereocenters. The minimum atomic E-state index is -0.371. The average molecular weight is 492 g/mol. The molecule has 1 aromatic heterocycles. The van der Waals surface area contributed by atoms with Crippen LogP contribution in [0.3, 0.4) is 0 Å². The number of aryl methyl sites for hydroxylation is 1. The van der Waals surface area contributed by atoms with Crippen LogP contribution in [0.1, 0.15) is 81.8 Å². The minimum Gasteiger partial charge on any atom is -0.453 e. The summed E-state index contributed by atoms with van der Waals surface area (Å²) in [5.74, 6) is 1.77. The summed E-state index contributed by atoms with van der Waals surface area (Å²) in [6.45, 7) is 7.03. The Balaban J connectivity index is 1.44. The topological polar surface area (TPSA) is 89.9 Å². The summed E-state index contributed by atoms with van der Waals surface area (Å²) < 4.78 is 18.7. The van der Waals surface area contributed by atoms with Gasteiger partial charge >= 0.3 is 6.09 Å². The number of methoxy groups -OCH3 is 2. The fourth-order valence-corrected chi connectivity index (χ4v) is 5.63. The maximum Gasteiger partial charge on any atom is 0.406 e. The lowest BCUT2D eigenvalue weighted by Gasteiger charge is -2.36. The van der Waals surface area contributed by atoms with Crippen LogP contribution in [-0.2, 0) is 20.8 Å². The summed E-state index contributed by atoms with van der Waals surface area (Å²) >= 11 is 0. The van der Waals surface area contributed by atoms with Crippen LogP contribution in [0.25, 0.3) is 0 Å². The third-order valence-electron chi connectivity index (χ3n) is 7.66. The average Bonchev–Trinajstić information content (AvgIpc) is 3.64. The van der Waals surface area contributed by atoms with Crippen LogP contribution >= 0.6 is 0 Å². The zero-order chi connectivity index (χ0) is 24.6. The second kappa shape index (κ2) is 13.0. The highest BCUT2D eigenvalue weighted by molar-refractivity contribution is 5.66. The van der Waals surface area contributed by atoms with Crippen LogP contribution in [-0.4, -0.2) is 85.8 Å². The Labute approximate surface area is 210 Å². The molecule has 35 heavy (non-hydrogen) atoms. The number of morpholine rings is 1. The number of nitrogens with zero attached hydrogens (tertiary/aromatic N) is 3. The van der Waals surface area contributed by atoms with Gasteiger partial charge in [-0.3, -0.25) is 4.90 Å². The number of alkyl carbamates (subject to hydrolysis) is 1. The van der Waals surface area contributed by atoms with E-state index in [0.717, 1.165) is 38.3 Å². The Hall–Kier alpha value is -1.68. The summed E-state index contributed by atoms with van der Waals surface area (Å²) in [6, 6.07) is 0.856. The van der Waals surface area contributed by atoms with E-state index in [1.807, 2.05) is 0 Å². The van der Waals surface area contributed by atoms with Gasteiger partial charge in [-0.05, 0) is 39.0 Å². The largest absolute Gasteiger partial charge is 0.453 e. The number of nitrogens with one attached hydrogen (secondary N) is 2. The van der Waals surface area contributed by atoms with Crippen molar-refractivity contribution in [2.24, 2.45) is 0 Å². The van der Waals surface area contributed by atoms with Crippen LogP contribution in [0.15, 0.2) is 6.20 Å². The number of imidazole rings is 1. The quantitative estimate of drug-likeness (QED) is 0.434. The summed E-state index contributed by atoms with van der Waals surface area (Å²) in [4.78, 5) is 19.3. The van der Waals surface area contributed by atoms with Crippen LogP contribution < -0.4 is 10.6 Å². The van der Waals surface area contributed by atoms with Crippen LogP contribution in [0.4, 0.5) is 4.79 Å². The van der Waals surface area contributed by atoms with E-state index in [2.05, 4.69) is 33.2 Å². The molecule has 1 amide bonds. The first-order valence-electron chi connectivity index (χ1n) is 13.6. The molecule has 1 aliphatic heterocycles. The highest BCUT2D eigenvalue weighted by atomic mass is 16.5. The fourth-order valence-electron chi connectivity index (χ4n) is 5.63. The van der Waals surface area contributed by atoms with Crippen molar-refractivity contribution in [2.75, 3.05) is 47.0 Å². The maximum atomic E-state index is 11.4. The molecular formula is C26H45N5O4. The van der Waals surface area contributed by atoms with Gasteiger partial charge in [-0.15, -0.1) is 0 Å². The fraction of sp³-hybridized carbons (Fsp3) is 0.846. The highest BCUT2D eigenvalue weighted by Gasteiger charge is 2.37. The maximum absolute atomic E-state index is 11.4. The smallest absolute Gasteiger partial charge is 0.406 e. The van der Waals surface area contributed by atoms with E-state index in [0.29, 0.717) is 25.1 Å². The first-order chi connectivity index (χ1) is 17.1. The molecule has 198 valence electrons. The lowest BCUT2D eigenvalue weighted by molar-refractivity contribution is -0.0820. The normalized spacial score (nSPS) is 24.5. The number of hydrogen-bond acceptors (Lipinski definition) is 7. The molecule has 9 heteroatoms. The second-order valence-electron chi connectivity index (χ2n) is 10.4. The standard InChI is InChI=1S/C26H45N5O4/c1-19(31(21-10-11-21)16-22-14-27-15-23(35-22)18-33-2)24-17-30(13-7-12-28-26(32)34-3)25(29-24)20-8-5-4-6-9-20/h17,19-23,27H,4-16,18H2,1-3H3,(H,28,32)/t19-,22-,23+/m1/s1. The highest BCUT2D eigenvalue weighted by Crippen LogP contribution is 2.37. The molecule has 1 saturated heterocycles. The Kier molecular flexibility index (Phi) is 9.83. The second-order valence-corrected chi connectivity index (χ2v) is 10.4. The third kappa shape index (κ3) is 7.41. The molecule has 2 N–H and O–H groups in total. The first-order valence-corrected chi connectivity index (χ1v) is 13.6. The summed E-state index contributed by atoms with van der Waals surface area (Å²) in [7, 11) is 3.13. The molecule has 4 rings (SSSR count). The Morgan fingerprint density at radius 1 is 1.23 bits per heavy atom. The van der Waals surface area contributed by atoms with Gasteiger partial charge in [0.1, 0.15) is 5.82 Å². The summed E-state index contributed by atoms with van der Waals surface area (Å²) in [6.07, 6.45) is 11.9. The summed E-state index contributed by atoms with van der Waals surface area (Å²) in [5, 5.41) is 6.32. The molecule has 2 saturated carbocycles. The van der Waals surface area contributed by atoms with Gasteiger partial charge in [-0.2, -0.15) is 0 Å². The van der Waals surface area contributed by atoms with Gasteiger partial charge in [0.2, 0.25) is 0 Å². The van der Waals surface area contributed by atoms with Crippen molar-refractivity contribution < 1.29 is 19.0 Å². The molecule has 2 heterocycles. The Bertz CT molecular complexity index is 791. The molecule has 3 fully saturated rings. The SMILES string of the molecule is COC[C@@H]1CNC[C@H](CN(C2CC2)[C@H](C)c2cn(CCCNC(=O)OC)c(C3CCCCC3)n2)O1. The molecule has 3 aliphatic rings. The lowest BCUT2D eigenvalue weighted by atomic mass is 9.88. The Morgan fingerprint density at radius 2 is 2.00 bits per heavy atom. The van der Waals surface area contributed by atoms with E-state index in [9.17, 15) is 4.79 Å². The number of carbonyl (C=O) groups excluding carboxylic acids is 1. The van der Waals surface area contributed by atoms with E-state index in [-0.39, 0.29) is 24.3 Å². The number of ether oxygens (including phenoxy) is 3. The van der Waals surface area contributed by atoms with Gasteiger partial charge in [0, 0.05) is 58.0 Å².